The minimum absolute atomic E-state index is 0.0288. The van der Waals surface area contributed by atoms with Gasteiger partial charge in [-0.2, -0.15) is 0 Å². The van der Waals surface area contributed by atoms with Crippen LogP contribution in [0.3, 0.4) is 0 Å². The largest absolute Gasteiger partial charge is 0.494 e. The van der Waals surface area contributed by atoms with Crippen molar-refractivity contribution in [2.75, 3.05) is 6.61 Å². The van der Waals surface area contributed by atoms with Crippen molar-refractivity contribution in [3.63, 3.8) is 0 Å². The fraction of sp³-hybridized carbons (Fsp3) is 0.467. The molecule has 0 spiro atoms. The highest BCUT2D eigenvalue weighted by molar-refractivity contribution is 5.83. The van der Waals surface area contributed by atoms with Crippen LogP contribution >= 0.6 is 0 Å². The van der Waals surface area contributed by atoms with Crippen molar-refractivity contribution in [1.82, 2.24) is 5.32 Å². The number of carbonyl (C=O) groups is 2. The molecular formula is C15H19F2NO4. The van der Waals surface area contributed by atoms with Crippen molar-refractivity contribution in [3.05, 3.63) is 29.8 Å². The van der Waals surface area contributed by atoms with Gasteiger partial charge < -0.3 is 15.2 Å². The molecule has 0 fully saturated rings. The number of nitrogens with one attached hydrogen (secondary N) is 1. The molecule has 0 aliphatic heterocycles. The Morgan fingerprint density at radius 2 is 1.91 bits per heavy atom. The number of benzene rings is 1. The number of amides is 1. The first-order valence-corrected chi connectivity index (χ1v) is 6.94. The first-order chi connectivity index (χ1) is 10.4. The quantitative estimate of drug-likeness (QED) is 0.733. The standard InChI is InChI=1S/C15H19F2NO4/c1-2-22-11-6-3-10(4-7-11)5-8-14(19)18-12(15(20)21)9-13(16)17/h3-4,6-7,12-13H,2,5,8-9H2,1H3,(H,18,19)(H,20,21). The zero-order valence-corrected chi connectivity index (χ0v) is 12.2. The average molecular weight is 315 g/mol. The Bertz CT molecular complexity index is 491. The van der Waals surface area contributed by atoms with Gasteiger partial charge in [0.25, 0.3) is 0 Å². The van der Waals surface area contributed by atoms with E-state index in [0.29, 0.717) is 13.0 Å². The highest BCUT2D eigenvalue weighted by atomic mass is 19.3. The minimum atomic E-state index is -2.78. The fourth-order valence-electron chi connectivity index (χ4n) is 1.84. The Morgan fingerprint density at radius 1 is 1.27 bits per heavy atom. The summed E-state index contributed by atoms with van der Waals surface area (Å²) < 4.78 is 29.7. The molecule has 1 amide bonds. The molecule has 7 heteroatoms. The van der Waals surface area contributed by atoms with Crippen molar-refractivity contribution < 1.29 is 28.2 Å². The lowest BCUT2D eigenvalue weighted by Gasteiger charge is -2.14. The number of carboxylic acid groups (broad SMARTS) is 1. The van der Waals surface area contributed by atoms with Crippen molar-refractivity contribution in [2.45, 2.75) is 38.7 Å². The van der Waals surface area contributed by atoms with E-state index in [1.165, 1.54) is 0 Å². The van der Waals surface area contributed by atoms with Gasteiger partial charge in [-0.15, -0.1) is 0 Å². The number of aryl methyl sites for hydroxylation is 1. The lowest BCUT2D eigenvalue weighted by Crippen LogP contribution is -2.42. The van der Waals surface area contributed by atoms with E-state index in [0.717, 1.165) is 11.3 Å². The lowest BCUT2D eigenvalue weighted by atomic mass is 10.1. The predicted molar refractivity (Wildman–Crippen MR) is 76.1 cm³/mol. The van der Waals surface area contributed by atoms with Crippen molar-refractivity contribution in [1.29, 1.82) is 0 Å². The van der Waals surface area contributed by atoms with Crippen molar-refractivity contribution in [2.24, 2.45) is 0 Å². The summed E-state index contributed by atoms with van der Waals surface area (Å²) in [7, 11) is 0. The molecule has 0 aliphatic carbocycles. The van der Waals surface area contributed by atoms with Gasteiger partial charge in [-0.05, 0) is 31.0 Å². The summed E-state index contributed by atoms with van der Waals surface area (Å²) in [6.07, 6.45) is -3.27. The number of halogens is 2. The Labute approximate surface area is 127 Å². The monoisotopic (exact) mass is 315 g/mol. The van der Waals surface area contributed by atoms with Crippen LogP contribution in [0, 0.1) is 0 Å². The normalized spacial score (nSPS) is 12.0. The van der Waals surface area contributed by atoms with Crippen LogP contribution in [-0.2, 0) is 16.0 Å². The van der Waals surface area contributed by atoms with Crippen LogP contribution in [0.2, 0.25) is 0 Å². The maximum atomic E-state index is 12.2. The van der Waals surface area contributed by atoms with Crippen LogP contribution in [0.5, 0.6) is 5.75 Å². The number of carbonyl (C=O) groups excluding carboxylic acids is 1. The second-order valence-corrected chi connectivity index (χ2v) is 4.66. The van der Waals surface area contributed by atoms with Gasteiger partial charge >= 0.3 is 5.97 Å². The number of carboxylic acids is 1. The molecule has 0 aromatic heterocycles. The van der Waals surface area contributed by atoms with Crippen LogP contribution in [-0.4, -0.2) is 36.1 Å². The van der Waals surface area contributed by atoms with Gasteiger partial charge in [0.2, 0.25) is 12.3 Å². The van der Waals surface area contributed by atoms with Crippen molar-refractivity contribution >= 4 is 11.9 Å². The first-order valence-electron chi connectivity index (χ1n) is 6.94. The summed E-state index contributed by atoms with van der Waals surface area (Å²) in [6, 6.07) is 5.58. The zero-order valence-electron chi connectivity index (χ0n) is 12.2. The minimum Gasteiger partial charge on any atom is -0.494 e. The SMILES string of the molecule is CCOc1ccc(CCC(=O)NC(CC(F)F)C(=O)O)cc1. The van der Waals surface area contributed by atoms with Gasteiger partial charge in [-0.3, -0.25) is 4.79 Å². The Kier molecular flexibility index (Phi) is 7.28. The van der Waals surface area contributed by atoms with E-state index >= 15 is 0 Å². The number of aliphatic carboxylic acids is 1. The molecule has 0 saturated heterocycles. The number of hydrogen-bond donors (Lipinski definition) is 2. The molecule has 1 aromatic rings. The summed E-state index contributed by atoms with van der Waals surface area (Å²) in [5, 5.41) is 10.9. The second kappa shape index (κ2) is 8.96. The third-order valence-corrected chi connectivity index (χ3v) is 2.92. The average Bonchev–Trinajstić information content (AvgIpc) is 2.45. The van der Waals surface area contributed by atoms with Crippen LogP contribution in [0.25, 0.3) is 0 Å². The molecule has 0 radical (unpaired) electrons. The molecule has 1 aromatic carbocycles. The third kappa shape index (κ3) is 6.51. The Balaban J connectivity index is 2.45. The third-order valence-electron chi connectivity index (χ3n) is 2.92. The number of hydrogen-bond acceptors (Lipinski definition) is 3. The number of ether oxygens (including phenoxy) is 1. The van der Waals surface area contributed by atoms with Gasteiger partial charge in [0, 0.05) is 12.8 Å². The van der Waals surface area contributed by atoms with E-state index in [9.17, 15) is 18.4 Å². The van der Waals surface area contributed by atoms with Crippen LogP contribution < -0.4 is 10.1 Å². The van der Waals surface area contributed by atoms with E-state index in [4.69, 9.17) is 9.84 Å². The molecule has 1 rings (SSSR count). The smallest absolute Gasteiger partial charge is 0.326 e. The summed E-state index contributed by atoms with van der Waals surface area (Å²) in [6.45, 7) is 2.43. The van der Waals surface area contributed by atoms with E-state index in [1.54, 1.807) is 24.3 Å². The molecule has 122 valence electrons. The lowest BCUT2D eigenvalue weighted by molar-refractivity contribution is -0.143. The topological polar surface area (TPSA) is 75.6 Å². The molecule has 22 heavy (non-hydrogen) atoms. The van der Waals surface area contributed by atoms with Crippen LogP contribution in [0.15, 0.2) is 24.3 Å². The highest BCUT2D eigenvalue weighted by Crippen LogP contribution is 2.13. The molecule has 1 unspecified atom stereocenters. The van der Waals surface area contributed by atoms with E-state index in [1.807, 2.05) is 6.92 Å². The van der Waals surface area contributed by atoms with E-state index in [-0.39, 0.29) is 6.42 Å². The van der Waals surface area contributed by atoms with Gasteiger partial charge in [-0.25, -0.2) is 13.6 Å². The van der Waals surface area contributed by atoms with Crippen LogP contribution in [0.4, 0.5) is 8.78 Å². The van der Waals surface area contributed by atoms with Crippen LogP contribution in [0.1, 0.15) is 25.3 Å². The molecule has 1 atom stereocenters. The summed E-state index contributed by atoms with van der Waals surface area (Å²) >= 11 is 0. The molecule has 0 saturated carbocycles. The molecule has 2 N–H and O–H groups in total. The predicted octanol–water partition coefficient (Wildman–Crippen LogP) is 2.24. The molecule has 0 heterocycles. The van der Waals surface area contributed by atoms with Gasteiger partial charge in [0.15, 0.2) is 0 Å². The maximum absolute atomic E-state index is 12.2. The molecule has 5 nitrogen and oxygen atoms in total. The number of rotatable bonds is 9. The molecular weight excluding hydrogens is 296 g/mol. The molecule has 0 aliphatic rings. The maximum Gasteiger partial charge on any atom is 0.326 e. The van der Waals surface area contributed by atoms with Gasteiger partial charge in [0.05, 0.1) is 6.61 Å². The second-order valence-electron chi connectivity index (χ2n) is 4.66. The molecule has 0 bridgehead atoms. The summed E-state index contributed by atoms with van der Waals surface area (Å²) in [5.74, 6) is -1.31. The summed E-state index contributed by atoms with van der Waals surface area (Å²) in [5.41, 5.74) is 0.874. The Morgan fingerprint density at radius 3 is 2.41 bits per heavy atom. The fourth-order valence-corrected chi connectivity index (χ4v) is 1.84. The van der Waals surface area contributed by atoms with Gasteiger partial charge in [0.1, 0.15) is 11.8 Å². The Hall–Kier alpha value is -2.18. The van der Waals surface area contributed by atoms with E-state index in [2.05, 4.69) is 5.32 Å². The van der Waals surface area contributed by atoms with E-state index < -0.39 is 30.8 Å². The van der Waals surface area contributed by atoms with Gasteiger partial charge in [-0.1, -0.05) is 12.1 Å². The number of alkyl halides is 2. The highest BCUT2D eigenvalue weighted by Gasteiger charge is 2.23. The summed E-state index contributed by atoms with van der Waals surface area (Å²) in [4.78, 5) is 22.4. The first kappa shape index (κ1) is 17.9. The van der Waals surface area contributed by atoms with Crippen molar-refractivity contribution in [3.8, 4) is 5.75 Å². The zero-order chi connectivity index (χ0) is 16.5.